The number of amides is 2. The molecule has 2 rings (SSSR count). The predicted molar refractivity (Wildman–Crippen MR) is 83.2 cm³/mol. The van der Waals surface area contributed by atoms with Gasteiger partial charge in [-0.05, 0) is 37.1 Å². The molecule has 0 aliphatic carbocycles. The Balaban J connectivity index is 2.21. The highest BCUT2D eigenvalue weighted by atomic mass is 19.1. The summed E-state index contributed by atoms with van der Waals surface area (Å²) < 4.78 is 13.8. The molecule has 0 unspecified atom stereocenters. The van der Waals surface area contributed by atoms with Gasteiger partial charge in [-0.1, -0.05) is 24.3 Å². The Morgan fingerprint density at radius 3 is 2.50 bits per heavy atom. The van der Waals surface area contributed by atoms with Gasteiger partial charge >= 0.3 is 0 Å². The number of rotatable bonds is 4. The molecule has 3 N–H and O–H groups in total. The first-order valence-corrected chi connectivity index (χ1v) is 6.83. The molecule has 2 aromatic carbocycles. The van der Waals surface area contributed by atoms with Crippen molar-refractivity contribution in [3.63, 3.8) is 0 Å². The Morgan fingerprint density at radius 1 is 1.18 bits per heavy atom. The third-order valence-corrected chi connectivity index (χ3v) is 3.52. The van der Waals surface area contributed by atoms with Gasteiger partial charge in [-0.2, -0.15) is 0 Å². The maximum Gasteiger partial charge on any atom is 0.248 e. The van der Waals surface area contributed by atoms with E-state index in [0.29, 0.717) is 0 Å². The van der Waals surface area contributed by atoms with Crippen LogP contribution in [0.4, 0.5) is 10.1 Å². The molecule has 2 aromatic rings. The molecular formula is C17H17FN2O2. The summed E-state index contributed by atoms with van der Waals surface area (Å²) in [7, 11) is 0. The molecule has 5 heteroatoms. The molecule has 0 aliphatic rings. The van der Waals surface area contributed by atoms with Crippen LogP contribution < -0.4 is 11.1 Å². The number of primary amides is 1. The summed E-state index contributed by atoms with van der Waals surface area (Å²) in [6.45, 7) is 3.45. The normalized spacial score (nSPS) is 10.3. The van der Waals surface area contributed by atoms with Crippen molar-refractivity contribution in [1.82, 2.24) is 0 Å². The van der Waals surface area contributed by atoms with E-state index >= 15 is 0 Å². The first-order valence-electron chi connectivity index (χ1n) is 6.83. The number of carbonyl (C=O) groups is 2. The second-order valence-corrected chi connectivity index (χ2v) is 5.15. The minimum absolute atomic E-state index is 0.0225. The van der Waals surface area contributed by atoms with Gasteiger partial charge in [0.2, 0.25) is 11.8 Å². The SMILES string of the molecule is Cc1ccccc1CC(=O)Nc1cc(C(N)=O)cc(F)c1C. The summed E-state index contributed by atoms with van der Waals surface area (Å²) in [4.78, 5) is 23.3. The van der Waals surface area contributed by atoms with Crippen LogP contribution in [0.15, 0.2) is 36.4 Å². The number of hydrogen-bond donors (Lipinski definition) is 2. The van der Waals surface area contributed by atoms with E-state index in [-0.39, 0.29) is 29.1 Å². The number of halogens is 1. The average Bonchev–Trinajstić information content (AvgIpc) is 2.46. The smallest absolute Gasteiger partial charge is 0.248 e. The molecule has 0 radical (unpaired) electrons. The summed E-state index contributed by atoms with van der Waals surface area (Å²) in [5.41, 5.74) is 7.60. The van der Waals surface area contributed by atoms with E-state index in [4.69, 9.17) is 5.73 Å². The lowest BCUT2D eigenvalue weighted by molar-refractivity contribution is -0.115. The van der Waals surface area contributed by atoms with E-state index < -0.39 is 11.7 Å². The zero-order valence-electron chi connectivity index (χ0n) is 12.4. The Bertz CT molecular complexity index is 741. The number of aryl methyl sites for hydroxylation is 1. The maximum absolute atomic E-state index is 13.8. The van der Waals surface area contributed by atoms with Crippen LogP contribution >= 0.6 is 0 Å². The maximum atomic E-state index is 13.8. The minimum atomic E-state index is -0.742. The Labute approximate surface area is 128 Å². The molecule has 0 saturated carbocycles. The zero-order valence-corrected chi connectivity index (χ0v) is 12.4. The summed E-state index contributed by atoms with van der Waals surface area (Å²) >= 11 is 0. The van der Waals surface area contributed by atoms with Crippen LogP contribution in [-0.2, 0) is 11.2 Å². The van der Waals surface area contributed by atoms with Crippen molar-refractivity contribution in [2.24, 2.45) is 5.73 Å². The standard InChI is InChI=1S/C17H17FN2O2/c1-10-5-3-4-6-12(10)9-16(21)20-15-8-13(17(19)22)7-14(18)11(15)2/h3-8H,9H2,1-2H3,(H2,19,22)(H,20,21). The molecule has 0 atom stereocenters. The first-order chi connectivity index (χ1) is 10.4. The highest BCUT2D eigenvalue weighted by Gasteiger charge is 2.13. The van der Waals surface area contributed by atoms with Crippen LogP contribution in [0.25, 0.3) is 0 Å². The van der Waals surface area contributed by atoms with E-state index in [1.54, 1.807) is 0 Å². The fourth-order valence-electron chi connectivity index (χ4n) is 2.13. The van der Waals surface area contributed by atoms with E-state index in [9.17, 15) is 14.0 Å². The summed E-state index contributed by atoms with van der Waals surface area (Å²) in [5.74, 6) is -1.60. The van der Waals surface area contributed by atoms with Crippen LogP contribution in [0.2, 0.25) is 0 Å². The van der Waals surface area contributed by atoms with Gasteiger partial charge in [0, 0.05) is 16.8 Å². The molecular weight excluding hydrogens is 283 g/mol. The fraction of sp³-hybridized carbons (Fsp3) is 0.176. The number of carbonyl (C=O) groups excluding carboxylic acids is 2. The lowest BCUT2D eigenvalue weighted by atomic mass is 10.0. The molecule has 0 spiro atoms. The lowest BCUT2D eigenvalue weighted by Crippen LogP contribution is -2.18. The van der Waals surface area contributed by atoms with Gasteiger partial charge < -0.3 is 11.1 Å². The molecule has 0 bridgehead atoms. The van der Waals surface area contributed by atoms with Gasteiger partial charge in [0.15, 0.2) is 0 Å². The highest BCUT2D eigenvalue weighted by molar-refractivity contribution is 5.97. The summed E-state index contributed by atoms with van der Waals surface area (Å²) in [6, 6.07) is 9.98. The molecule has 0 fully saturated rings. The third kappa shape index (κ3) is 3.49. The molecule has 4 nitrogen and oxygen atoms in total. The third-order valence-electron chi connectivity index (χ3n) is 3.52. The quantitative estimate of drug-likeness (QED) is 0.911. The van der Waals surface area contributed by atoms with Gasteiger partial charge in [-0.15, -0.1) is 0 Å². The van der Waals surface area contributed by atoms with Crippen LogP contribution in [0, 0.1) is 19.7 Å². The Kier molecular flexibility index (Phi) is 4.56. The number of anilines is 1. The Morgan fingerprint density at radius 2 is 1.86 bits per heavy atom. The number of nitrogens with one attached hydrogen (secondary N) is 1. The molecule has 0 saturated heterocycles. The van der Waals surface area contributed by atoms with Crippen molar-refractivity contribution < 1.29 is 14.0 Å². The van der Waals surface area contributed by atoms with Crippen molar-refractivity contribution in [2.75, 3.05) is 5.32 Å². The first kappa shape index (κ1) is 15.7. The topological polar surface area (TPSA) is 72.2 Å². The van der Waals surface area contributed by atoms with Crippen LogP contribution in [0.1, 0.15) is 27.0 Å². The van der Waals surface area contributed by atoms with E-state index in [2.05, 4.69) is 5.32 Å². The summed E-state index contributed by atoms with van der Waals surface area (Å²) in [6.07, 6.45) is 0.175. The van der Waals surface area contributed by atoms with Crippen molar-refractivity contribution in [3.8, 4) is 0 Å². The van der Waals surface area contributed by atoms with Gasteiger partial charge in [0.25, 0.3) is 0 Å². The van der Waals surface area contributed by atoms with Crippen LogP contribution in [0.5, 0.6) is 0 Å². The van der Waals surface area contributed by atoms with Crippen molar-refractivity contribution >= 4 is 17.5 Å². The molecule has 2 amide bonds. The van der Waals surface area contributed by atoms with Crippen LogP contribution in [0.3, 0.4) is 0 Å². The fourth-order valence-corrected chi connectivity index (χ4v) is 2.13. The molecule has 0 aromatic heterocycles. The largest absolute Gasteiger partial charge is 0.366 e. The number of nitrogens with two attached hydrogens (primary N) is 1. The number of hydrogen-bond acceptors (Lipinski definition) is 2. The number of benzene rings is 2. The highest BCUT2D eigenvalue weighted by Crippen LogP contribution is 2.21. The average molecular weight is 300 g/mol. The van der Waals surface area contributed by atoms with Crippen molar-refractivity contribution in [2.45, 2.75) is 20.3 Å². The summed E-state index contributed by atoms with van der Waals surface area (Å²) in [5, 5.41) is 2.64. The predicted octanol–water partition coefficient (Wildman–Crippen LogP) is 2.72. The van der Waals surface area contributed by atoms with Gasteiger partial charge in [0.05, 0.1) is 6.42 Å². The monoisotopic (exact) mass is 300 g/mol. The van der Waals surface area contributed by atoms with Crippen molar-refractivity contribution in [1.29, 1.82) is 0 Å². The van der Waals surface area contributed by atoms with Gasteiger partial charge in [0.1, 0.15) is 5.82 Å². The second-order valence-electron chi connectivity index (χ2n) is 5.15. The van der Waals surface area contributed by atoms with E-state index in [0.717, 1.165) is 17.2 Å². The van der Waals surface area contributed by atoms with Gasteiger partial charge in [-0.3, -0.25) is 9.59 Å². The zero-order chi connectivity index (χ0) is 16.3. The lowest BCUT2D eigenvalue weighted by Gasteiger charge is -2.11. The van der Waals surface area contributed by atoms with Crippen LogP contribution in [-0.4, -0.2) is 11.8 Å². The van der Waals surface area contributed by atoms with Crippen molar-refractivity contribution in [3.05, 3.63) is 64.5 Å². The Hall–Kier alpha value is -2.69. The molecule has 114 valence electrons. The molecule has 0 aliphatic heterocycles. The second kappa shape index (κ2) is 6.39. The molecule has 22 heavy (non-hydrogen) atoms. The minimum Gasteiger partial charge on any atom is -0.366 e. The van der Waals surface area contributed by atoms with E-state index in [1.165, 1.54) is 13.0 Å². The van der Waals surface area contributed by atoms with Gasteiger partial charge in [-0.25, -0.2) is 4.39 Å². The van der Waals surface area contributed by atoms with E-state index in [1.807, 2.05) is 31.2 Å². The molecule has 0 heterocycles.